The first-order valence-corrected chi connectivity index (χ1v) is 7.88. The van der Waals surface area contributed by atoms with Crippen LogP contribution in [-0.4, -0.2) is 56.4 Å². The number of hydrogen-bond donors (Lipinski definition) is 1. The van der Waals surface area contributed by atoms with Crippen molar-refractivity contribution in [2.24, 2.45) is 0 Å². The second-order valence-electron chi connectivity index (χ2n) is 5.41. The fourth-order valence-electron chi connectivity index (χ4n) is 2.47. The normalized spacial score (nSPS) is 16.0. The van der Waals surface area contributed by atoms with Gasteiger partial charge in [-0.25, -0.2) is 0 Å². The summed E-state index contributed by atoms with van der Waals surface area (Å²) in [7, 11) is 1.70. The largest absolute Gasteiger partial charge is 0.491 e. The number of nitrogens with one attached hydrogen (secondary N) is 1. The molecule has 5 heteroatoms. The van der Waals surface area contributed by atoms with Crippen LogP contribution >= 0.6 is 0 Å². The maximum atomic E-state index is 5.76. The lowest BCUT2D eigenvalue weighted by Gasteiger charge is -2.26. The zero-order chi connectivity index (χ0) is 14.8. The first-order chi connectivity index (χ1) is 10.4. The van der Waals surface area contributed by atoms with Crippen LogP contribution in [0.15, 0.2) is 18.3 Å². The summed E-state index contributed by atoms with van der Waals surface area (Å²) in [6.07, 6.45) is 5.84. The quantitative estimate of drug-likeness (QED) is 0.702. The molecule has 0 radical (unpaired) electrons. The molecule has 0 bridgehead atoms. The van der Waals surface area contributed by atoms with Crippen molar-refractivity contribution in [1.29, 1.82) is 0 Å². The summed E-state index contributed by atoms with van der Waals surface area (Å²) in [5.41, 5.74) is 1.02. The molecule has 1 saturated heterocycles. The second-order valence-corrected chi connectivity index (χ2v) is 5.41. The van der Waals surface area contributed by atoms with E-state index in [1.165, 1.54) is 32.4 Å². The summed E-state index contributed by atoms with van der Waals surface area (Å²) >= 11 is 0. The molecular weight excluding hydrogens is 266 g/mol. The monoisotopic (exact) mass is 293 g/mol. The van der Waals surface area contributed by atoms with Crippen LogP contribution in [0.3, 0.4) is 0 Å². The van der Waals surface area contributed by atoms with Gasteiger partial charge in [-0.15, -0.1) is 0 Å². The minimum Gasteiger partial charge on any atom is -0.491 e. The Hall–Kier alpha value is -1.17. The Kier molecular flexibility index (Phi) is 7.49. The van der Waals surface area contributed by atoms with Crippen molar-refractivity contribution in [3.63, 3.8) is 0 Å². The average Bonchev–Trinajstić information content (AvgIpc) is 2.54. The van der Waals surface area contributed by atoms with Crippen molar-refractivity contribution in [1.82, 2.24) is 15.2 Å². The number of nitrogens with zero attached hydrogens (tertiary/aromatic N) is 2. The summed E-state index contributed by atoms with van der Waals surface area (Å²) < 4.78 is 10.7. The summed E-state index contributed by atoms with van der Waals surface area (Å²) in [4.78, 5) is 6.88. The minimum atomic E-state index is 0.720. The third kappa shape index (κ3) is 6.42. The third-order valence-corrected chi connectivity index (χ3v) is 3.71. The molecule has 2 heterocycles. The van der Waals surface area contributed by atoms with E-state index in [2.05, 4.69) is 15.2 Å². The van der Waals surface area contributed by atoms with Gasteiger partial charge < -0.3 is 14.8 Å². The lowest BCUT2D eigenvalue weighted by molar-refractivity contribution is 0.183. The van der Waals surface area contributed by atoms with Gasteiger partial charge in [-0.2, -0.15) is 0 Å². The molecule has 21 heavy (non-hydrogen) atoms. The molecule has 0 saturated carbocycles. The molecule has 1 aromatic heterocycles. The molecule has 0 spiro atoms. The van der Waals surface area contributed by atoms with E-state index in [9.17, 15) is 0 Å². The van der Waals surface area contributed by atoms with Crippen molar-refractivity contribution >= 4 is 0 Å². The lowest BCUT2D eigenvalue weighted by atomic mass is 10.1. The van der Waals surface area contributed by atoms with Gasteiger partial charge in [0.2, 0.25) is 0 Å². The summed E-state index contributed by atoms with van der Waals surface area (Å²) in [5.74, 6) is 0.854. The van der Waals surface area contributed by atoms with Crippen LogP contribution in [-0.2, 0) is 11.3 Å². The second kappa shape index (κ2) is 9.71. The van der Waals surface area contributed by atoms with Crippen molar-refractivity contribution < 1.29 is 9.47 Å². The highest BCUT2D eigenvalue weighted by Gasteiger charge is 2.09. The number of piperidine rings is 1. The molecule has 0 aromatic carbocycles. The predicted octanol–water partition coefficient (Wildman–Crippen LogP) is 1.68. The molecule has 118 valence electrons. The summed E-state index contributed by atoms with van der Waals surface area (Å²) in [6.45, 7) is 6.51. The van der Waals surface area contributed by atoms with Crippen LogP contribution < -0.4 is 10.1 Å². The predicted molar refractivity (Wildman–Crippen MR) is 83.6 cm³/mol. The molecule has 0 aliphatic carbocycles. The average molecular weight is 293 g/mol. The van der Waals surface area contributed by atoms with E-state index in [1.807, 2.05) is 18.3 Å². The fourth-order valence-corrected chi connectivity index (χ4v) is 2.47. The number of hydrogen-bond acceptors (Lipinski definition) is 5. The highest BCUT2D eigenvalue weighted by molar-refractivity contribution is 5.19. The minimum absolute atomic E-state index is 0.720. The van der Waals surface area contributed by atoms with Gasteiger partial charge in [0.15, 0.2) is 0 Å². The Morgan fingerprint density at radius 1 is 1.19 bits per heavy atom. The highest BCUT2D eigenvalue weighted by atomic mass is 16.5. The molecule has 1 aliphatic heterocycles. The maximum absolute atomic E-state index is 5.76. The van der Waals surface area contributed by atoms with Gasteiger partial charge in [-0.1, -0.05) is 6.42 Å². The highest BCUT2D eigenvalue weighted by Crippen LogP contribution is 2.11. The van der Waals surface area contributed by atoms with E-state index < -0.39 is 0 Å². The smallest absolute Gasteiger partial charge is 0.137 e. The standard InChI is InChI=1S/C16H27N3O2/c1-20-11-7-17-13-15-5-6-16(14-18-15)21-12-10-19-8-3-2-4-9-19/h5-6,14,17H,2-4,7-13H2,1H3. The molecule has 1 fully saturated rings. The van der Waals surface area contributed by atoms with Crippen molar-refractivity contribution in [2.45, 2.75) is 25.8 Å². The molecule has 0 atom stereocenters. The van der Waals surface area contributed by atoms with E-state index in [0.29, 0.717) is 0 Å². The summed E-state index contributed by atoms with van der Waals surface area (Å²) in [6, 6.07) is 4.01. The molecule has 2 rings (SSSR count). The zero-order valence-electron chi connectivity index (χ0n) is 13.0. The zero-order valence-corrected chi connectivity index (χ0v) is 13.0. The fraction of sp³-hybridized carbons (Fsp3) is 0.688. The maximum Gasteiger partial charge on any atom is 0.137 e. The van der Waals surface area contributed by atoms with Crippen molar-refractivity contribution in [2.75, 3.05) is 46.5 Å². The van der Waals surface area contributed by atoms with Crippen LogP contribution in [0.5, 0.6) is 5.75 Å². The lowest BCUT2D eigenvalue weighted by Crippen LogP contribution is -2.33. The SMILES string of the molecule is COCCNCc1ccc(OCCN2CCCCC2)cn1. The van der Waals surface area contributed by atoms with Crippen molar-refractivity contribution in [3.8, 4) is 5.75 Å². The van der Waals surface area contributed by atoms with Crippen molar-refractivity contribution in [3.05, 3.63) is 24.0 Å². The first kappa shape index (κ1) is 16.2. The van der Waals surface area contributed by atoms with E-state index in [0.717, 1.165) is 44.3 Å². The topological polar surface area (TPSA) is 46.6 Å². The molecule has 1 aliphatic rings. The van der Waals surface area contributed by atoms with Crippen LogP contribution in [0.4, 0.5) is 0 Å². The van der Waals surface area contributed by atoms with Crippen LogP contribution in [0.1, 0.15) is 25.0 Å². The van der Waals surface area contributed by atoms with Gasteiger partial charge in [0.25, 0.3) is 0 Å². The van der Waals surface area contributed by atoms with Gasteiger partial charge >= 0.3 is 0 Å². The molecule has 0 amide bonds. The third-order valence-electron chi connectivity index (χ3n) is 3.71. The van der Waals surface area contributed by atoms with E-state index in [4.69, 9.17) is 9.47 Å². The van der Waals surface area contributed by atoms with Gasteiger partial charge in [0.1, 0.15) is 12.4 Å². The number of ether oxygens (including phenoxy) is 2. The molecule has 1 aromatic rings. The molecular formula is C16H27N3O2. The number of methoxy groups -OCH3 is 1. The van der Waals surface area contributed by atoms with Gasteiger partial charge in [-0.3, -0.25) is 9.88 Å². The van der Waals surface area contributed by atoms with Crippen LogP contribution in [0.25, 0.3) is 0 Å². The Bertz CT molecular complexity index is 378. The first-order valence-electron chi connectivity index (χ1n) is 7.88. The Balaban J connectivity index is 1.62. The Labute approximate surface area is 127 Å². The van der Waals surface area contributed by atoms with E-state index in [1.54, 1.807) is 7.11 Å². The van der Waals surface area contributed by atoms with E-state index in [-0.39, 0.29) is 0 Å². The number of pyridine rings is 1. The number of aromatic nitrogens is 1. The van der Waals surface area contributed by atoms with Crippen LogP contribution in [0.2, 0.25) is 0 Å². The Morgan fingerprint density at radius 3 is 2.76 bits per heavy atom. The van der Waals surface area contributed by atoms with Gasteiger partial charge in [-0.05, 0) is 38.1 Å². The van der Waals surface area contributed by atoms with Gasteiger partial charge in [0, 0.05) is 26.7 Å². The van der Waals surface area contributed by atoms with E-state index >= 15 is 0 Å². The molecule has 1 N–H and O–H groups in total. The molecule has 5 nitrogen and oxygen atoms in total. The van der Waals surface area contributed by atoms with Crippen LogP contribution in [0, 0.1) is 0 Å². The molecule has 0 unspecified atom stereocenters. The van der Waals surface area contributed by atoms with Gasteiger partial charge in [0.05, 0.1) is 18.5 Å². The Morgan fingerprint density at radius 2 is 2.05 bits per heavy atom. The number of rotatable bonds is 9. The summed E-state index contributed by atoms with van der Waals surface area (Å²) in [5, 5.41) is 3.27. The number of likely N-dealkylation sites (tertiary alicyclic amines) is 1.